The highest BCUT2D eigenvalue weighted by molar-refractivity contribution is 7.12. The molecule has 0 saturated carbocycles. The molecule has 1 unspecified atom stereocenters. The standard InChI is InChI=1S/C12H15N3OS/c1-2-9-3-6-17-11(9)12(16)15-5-4-14-8-10(15)7-13/h3,6,10,14H,2,4-5,8H2,1H3. The summed E-state index contributed by atoms with van der Waals surface area (Å²) in [5.41, 5.74) is 1.08. The molecule has 1 fully saturated rings. The molecule has 0 spiro atoms. The highest BCUT2D eigenvalue weighted by Crippen LogP contribution is 2.21. The summed E-state index contributed by atoms with van der Waals surface area (Å²) in [5, 5.41) is 14.1. The normalized spacial score (nSPS) is 20.0. The molecular formula is C12H15N3OS. The van der Waals surface area contributed by atoms with Gasteiger partial charge in [0.25, 0.3) is 5.91 Å². The number of hydrogen-bond acceptors (Lipinski definition) is 4. The van der Waals surface area contributed by atoms with Crippen molar-refractivity contribution in [2.75, 3.05) is 19.6 Å². The Morgan fingerprint density at radius 1 is 1.76 bits per heavy atom. The van der Waals surface area contributed by atoms with Gasteiger partial charge in [0.05, 0.1) is 10.9 Å². The number of carbonyl (C=O) groups is 1. The molecule has 0 radical (unpaired) electrons. The minimum atomic E-state index is -0.344. The number of nitriles is 1. The Labute approximate surface area is 105 Å². The van der Waals surface area contributed by atoms with E-state index >= 15 is 0 Å². The molecule has 1 saturated heterocycles. The van der Waals surface area contributed by atoms with E-state index in [2.05, 4.69) is 11.4 Å². The van der Waals surface area contributed by atoms with Crippen molar-refractivity contribution in [3.63, 3.8) is 0 Å². The quantitative estimate of drug-likeness (QED) is 0.858. The highest BCUT2D eigenvalue weighted by Gasteiger charge is 2.28. The van der Waals surface area contributed by atoms with Crippen LogP contribution in [0.5, 0.6) is 0 Å². The van der Waals surface area contributed by atoms with Gasteiger partial charge in [-0.05, 0) is 23.4 Å². The average molecular weight is 249 g/mol. The molecule has 90 valence electrons. The zero-order chi connectivity index (χ0) is 12.3. The van der Waals surface area contributed by atoms with Crippen molar-refractivity contribution in [3.8, 4) is 6.07 Å². The van der Waals surface area contributed by atoms with Crippen LogP contribution in [0.2, 0.25) is 0 Å². The first-order chi connectivity index (χ1) is 8.27. The molecule has 1 aromatic heterocycles. The van der Waals surface area contributed by atoms with Gasteiger partial charge in [0, 0.05) is 19.6 Å². The van der Waals surface area contributed by atoms with Gasteiger partial charge in [-0.15, -0.1) is 11.3 Å². The van der Waals surface area contributed by atoms with Crippen molar-refractivity contribution in [1.82, 2.24) is 10.2 Å². The van der Waals surface area contributed by atoms with Crippen molar-refractivity contribution in [1.29, 1.82) is 5.26 Å². The fourth-order valence-corrected chi connectivity index (χ4v) is 2.95. The summed E-state index contributed by atoms with van der Waals surface area (Å²) in [6.45, 7) is 3.97. The molecule has 1 aromatic rings. The van der Waals surface area contributed by atoms with E-state index in [1.54, 1.807) is 4.90 Å². The Balaban J connectivity index is 2.22. The summed E-state index contributed by atoms with van der Waals surface area (Å²) >= 11 is 1.47. The summed E-state index contributed by atoms with van der Waals surface area (Å²) in [4.78, 5) is 14.8. The van der Waals surface area contributed by atoms with Gasteiger partial charge < -0.3 is 10.2 Å². The van der Waals surface area contributed by atoms with E-state index < -0.39 is 0 Å². The maximum atomic E-state index is 12.4. The lowest BCUT2D eigenvalue weighted by Crippen LogP contribution is -2.53. The Morgan fingerprint density at radius 2 is 2.59 bits per heavy atom. The van der Waals surface area contributed by atoms with Crippen molar-refractivity contribution >= 4 is 17.2 Å². The molecule has 17 heavy (non-hydrogen) atoms. The molecule has 5 heteroatoms. The van der Waals surface area contributed by atoms with Gasteiger partial charge in [0.1, 0.15) is 6.04 Å². The second-order valence-electron chi connectivity index (χ2n) is 3.98. The predicted molar refractivity (Wildman–Crippen MR) is 67.0 cm³/mol. The molecule has 0 bridgehead atoms. The number of hydrogen-bond donors (Lipinski definition) is 1. The van der Waals surface area contributed by atoms with E-state index in [-0.39, 0.29) is 11.9 Å². The van der Waals surface area contributed by atoms with Crippen LogP contribution in [0.1, 0.15) is 22.2 Å². The first-order valence-electron chi connectivity index (χ1n) is 5.75. The summed E-state index contributed by atoms with van der Waals surface area (Å²) in [6.07, 6.45) is 0.855. The van der Waals surface area contributed by atoms with Crippen LogP contribution in [0.4, 0.5) is 0 Å². The number of nitrogens with one attached hydrogen (secondary N) is 1. The van der Waals surface area contributed by atoms with Gasteiger partial charge in [-0.2, -0.15) is 5.26 Å². The van der Waals surface area contributed by atoms with E-state index in [0.717, 1.165) is 23.4 Å². The Bertz CT molecular complexity index is 449. The second-order valence-corrected chi connectivity index (χ2v) is 4.89. The van der Waals surface area contributed by atoms with Gasteiger partial charge in [0.15, 0.2) is 0 Å². The minimum Gasteiger partial charge on any atom is -0.319 e. The summed E-state index contributed by atoms with van der Waals surface area (Å²) < 4.78 is 0. The van der Waals surface area contributed by atoms with Crippen molar-refractivity contribution < 1.29 is 4.79 Å². The number of amides is 1. The predicted octanol–water partition coefficient (Wildman–Crippen LogP) is 1.25. The Hall–Kier alpha value is -1.38. The van der Waals surface area contributed by atoms with Crippen LogP contribution in [0.15, 0.2) is 11.4 Å². The largest absolute Gasteiger partial charge is 0.319 e. The molecule has 1 atom stereocenters. The monoisotopic (exact) mass is 249 g/mol. The number of thiophene rings is 1. The van der Waals surface area contributed by atoms with Crippen molar-refractivity contribution in [3.05, 3.63) is 21.9 Å². The molecule has 1 amide bonds. The molecule has 1 N–H and O–H groups in total. The summed E-state index contributed by atoms with van der Waals surface area (Å²) in [5.74, 6) is 0.00454. The lowest BCUT2D eigenvalue weighted by molar-refractivity contribution is 0.0691. The van der Waals surface area contributed by atoms with Crippen LogP contribution in [0.3, 0.4) is 0 Å². The minimum absolute atomic E-state index is 0.00454. The molecule has 2 heterocycles. The molecule has 2 rings (SSSR count). The Morgan fingerprint density at radius 3 is 3.29 bits per heavy atom. The highest BCUT2D eigenvalue weighted by atomic mass is 32.1. The fraction of sp³-hybridized carbons (Fsp3) is 0.500. The van der Waals surface area contributed by atoms with Crippen LogP contribution in [-0.4, -0.2) is 36.5 Å². The van der Waals surface area contributed by atoms with Gasteiger partial charge >= 0.3 is 0 Å². The number of carbonyl (C=O) groups excluding carboxylic acids is 1. The van der Waals surface area contributed by atoms with Crippen LogP contribution in [0.25, 0.3) is 0 Å². The maximum absolute atomic E-state index is 12.4. The average Bonchev–Trinajstić information content (AvgIpc) is 2.86. The second kappa shape index (κ2) is 5.30. The number of aryl methyl sites for hydroxylation is 1. The van der Waals surface area contributed by atoms with E-state index in [1.165, 1.54) is 11.3 Å². The van der Waals surface area contributed by atoms with Gasteiger partial charge in [-0.1, -0.05) is 6.92 Å². The van der Waals surface area contributed by atoms with Gasteiger partial charge in [-0.3, -0.25) is 4.79 Å². The van der Waals surface area contributed by atoms with Crippen molar-refractivity contribution in [2.24, 2.45) is 0 Å². The Kier molecular flexibility index (Phi) is 3.77. The third-order valence-electron chi connectivity index (χ3n) is 2.98. The molecular weight excluding hydrogens is 234 g/mol. The number of rotatable bonds is 2. The number of nitrogens with zero attached hydrogens (tertiary/aromatic N) is 2. The first-order valence-corrected chi connectivity index (χ1v) is 6.63. The fourth-order valence-electron chi connectivity index (χ4n) is 1.99. The SMILES string of the molecule is CCc1ccsc1C(=O)N1CCNCC1C#N. The maximum Gasteiger partial charge on any atom is 0.265 e. The van der Waals surface area contributed by atoms with E-state index in [0.29, 0.717) is 13.1 Å². The number of piperazine rings is 1. The van der Waals surface area contributed by atoms with Gasteiger partial charge in [0.2, 0.25) is 0 Å². The zero-order valence-corrected chi connectivity index (χ0v) is 10.6. The van der Waals surface area contributed by atoms with Crippen LogP contribution in [0, 0.1) is 11.3 Å². The van der Waals surface area contributed by atoms with E-state index in [9.17, 15) is 4.79 Å². The molecule has 0 aliphatic carbocycles. The smallest absolute Gasteiger partial charge is 0.265 e. The molecule has 1 aliphatic rings. The third-order valence-corrected chi connectivity index (χ3v) is 3.92. The lowest BCUT2D eigenvalue weighted by Gasteiger charge is -2.31. The molecule has 1 aliphatic heterocycles. The van der Waals surface area contributed by atoms with Crippen LogP contribution < -0.4 is 5.32 Å². The summed E-state index contributed by atoms with van der Waals surface area (Å²) in [7, 11) is 0. The molecule has 0 aromatic carbocycles. The lowest BCUT2D eigenvalue weighted by atomic mass is 10.1. The van der Waals surface area contributed by atoms with E-state index in [4.69, 9.17) is 5.26 Å². The van der Waals surface area contributed by atoms with Crippen LogP contribution >= 0.6 is 11.3 Å². The third kappa shape index (κ3) is 2.33. The van der Waals surface area contributed by atoms with Gasteiger partial charge in [-0.25, -0.2) is 0 Å². The molecule has 4 nitrogen and oxygen atoms in total. The summed E-state index contributed by atoms with van der Waals surface area (Å²) in [6, 6.07) is 3.82. The topological polar surface area (TPSA) is 56.1 Å². The zero-order valence-electron chi connectivity index (χ0n) is 9.77. The first kappa shape index (κ1) is 12.1. The van der Waals surface area contributed by atoms with Crippen LogP contribution in [-0.2, 0) is 6.42 Å². The van der Waals surface area contributed by atoms with E-state index in [1.807, 2.05) is 18.4 Å². The van der Waals surface area contributed by atoms with Crippen molar-refractivity contribution in [2.45, 2.75) is 19.4 Å².